The highest BCUT2D eigenvalue weighted by Crippen LogP contribution is 2.50. The Hall–Kier alpha value is -3.86. The van der Waals surface area contributed by atoms with Crippen LogP contribution in [0.3, 0.4) is 0 Å². The molecule has 3 aliphatic rings. The molecule has 2 aliphatic carbocycles. The van der Waals surface area contributed by atoms with Crippen molar-refractivity contribution in [2.24, 2.45) is 0 Å². The largest absolute Gasteiger partial charge is 0.497 e. The van der Waals surface area contributed by atoms with Crippen LogP contribution in [0.5, 0.6) is 5.75 Å². The van der Waals surface area contributed by atoms with E-state index < -0.39 is 38.5 Å². The van der Waals surface area contributed by atoms with E-state index in [4.69, 9.17) is 4.74 Å². The van der Waals surface area contributed by atoms with Crippen LogP contribution in [-0.4, -0.2) is 67.6 Å². The van der Waals surface area contributed by atoms with Crippen LogP contribution >= 0.6 is 0 Å². The molecule has 0 bridgehead atoms. The molecule has 2 fully saturated rings. The second kappa shape index (κ2) is 12.1. The molecule has 1 aromatic heterocycles. The van der Waals surface area contributed by atoms with Crippen molar-refractivity contribution in [2.45, 2.75) is 94.4 Å². The zero-order valence-electron chi connectivity index (χ0n) is 27.3. The first kappa shape index (κ1) is 32.1. The molecule has 0 spiro atoms. The van der Waals surface area contributed by atoms with Crippen molar-refractivity contribution in [3.05, 3.63) is 53.1 Å². The Kier molecular flexibility index (Phi) is 8.41. The minimum atomic E-state index is -3.76. The van der Waals surface area contributed by atoms with Gasteiger partial charge in [-0.05, 0) is 80.0 Å². The van der Waals surface area contributed by atoms with E-state index in [1.54, 1.807) is 33.3 Å². The lowest BCUT2D eigenvalue weighted by Gasteiger charge is -2.36. The number of nitrogens with one attached hydrogen (secondary N) is 2. The van der Waals surface area contributed by atoms with E-state index in [2.05, 4.69) is 27.6 Å². The van der Waals surface area contributed by atoms with E-state index in [9.17, 15) is 22.8 Å². The van der Waals surface area contributed by atoms with E-state index in [0.717, 1.165) is 59.8 Å². The molecule has 11 heteroatoms. The summed E-state index contributed by atoms with van der Waals surface area (Å²) in [6.45, 7) is 4.32. The van der Waals surface area contributed by atoms with Crippen LogP contribution < -0.4 is 14.8 Å². The first-order valence-electron chi connectivity index (χ1n) is 16.3. The zero-order chi connectivity index (χ0) is 33.0. The van der Waals surface area contributed by atoms with E-state index >= 15 is 0 Å². The van der Waals surface area contributed by atoms with Crippen LogP contribution in [0.1, 0.15) is 98.5 Å². The molecule has 2 saturated carbocycles. The van der Waals surface area contributed by atoms with E-state index in [0.29, 0.717) is 31.1 Å². The maximum atomic E-state index is 13.4. The van der Waals surface area contributed by atoms with Crippen LogP contribution in [0.15, 0.2) is 36.4 Å². The Morgan fingerprint density at radius 2 is 1.70 bits per heavy atom. The van der Waals surface area contributed by atoms with Gasteiger partial charge in [0.15, 0.2) is 0 Å². The van der Waals surface area contributed by atoms with Gasteiger partial charge in [-0.15, -0.1) is 0 Å². The number of hydrogen-bond acceptors (Lipinski definition) is 6. The SMILES string of the molecule is COc1ccc2c(c1)C(C)C(C)(NC(=O)C(=O)N(C)C)Cn1c-2c(C2CCCCC2)c2ccc(C(=O)NS(=O)(=O)C3CCC3)cc21. The van der Waals surface area contributed by atoms with Crippen molar-refractivity contribution in [1.29, 1.82) is 0 Å². The molecule has 3 aromatic rings. The number of methoxy groups -OCH3 is 1. The molecular weight excluding hydrogens is 604 g/mol. The molecule has 1 aliphatic heterocycles. The fourth-order valence-corrected chi connectivity index (χ4v) is 8.94. The molecule has 2 N–H and O–H groups in total. The topological polar surface area (TPSA) is 127 Å². The average Bonchev–Trinajstić information content (AvgIpc) is 3.26. The fraction of sp³-hybridized carbons (Fsp3) is 0.514. The predicted octanol–water partition coefficient (Wildman–Crippen LogP) is 5.06. The highest BCUT2D eigenvalue weighted by atomic mass is 32.2. The number of nitrogens with zero attached hydrogens (tertiary/aromatic N) is 2. The monoisotopic (exact) mass is 648 g/mol. The van der Waals surface area contributed by atoms with Gasteiger partial charge in [-0.3, -0.25) is 14.4 Å². The number of carbonyl (C=O) groups is 3. The van der Waals surface area contributed by atoms with Gasteiger partial charge in [0, 0.05) is 48.6 Å². The summed E-state index contributed by atoms with van der Waals surface area (Å²) < 4.78 is 35.8. The number of benzene rings is 2. The smallest absolute Gasteiger partial charge is 0.311 e. The zero-order valence-corrected chi connectivity index (χ0v) is 28.1. The van der Waals surface area contributed by atoms with Gasteiger partial charge in [0.1, 0.15) is 5.75 Å². The summed E-state index contributed by atoms with van der Waals surface area (Å²) in [6.07, 6.45) is 7.49. The Morgan fingerprint density at radius 3 is 2.33 bits per heavy atom. The molecule has 10 nitrogen and oxygen atoms in total. The van der Waals surface area contributed by atoms with Crippen molar-refractivity contribution in [3.8, 4) is 17.0 Å². The molecule has 2 aromatic carbocycles. The van der Waals surface area contributed by atoms with Gasteiger partial charge in [-0.1, -0.05) is 38.7 Å². The Labute approximate surface area is 270 Å². The van der Waals surface area contributed by atoms with Crippen molar-refractivity contribution in [2.75, 3.05) is 21.2 Å². The van der Waals surface area contributed by atoms with Crippen molar-refractivity contribution < 1.29 is 27.5 Å². The number of rotatable bonds is 6. The maximum absolute atomic E-state index is 13.4. The highest BCUT2D eigenvalue weighted by Gasteiger charge is 2.42. The molecule has 0 saturated heterocycles. The normalized spacial score (nSPS) is 21.8. The molecule has 46 heavy (non-hydrogen) atoms. The minimum Gasteiger partial charge on any atom is -0.497 e. The summed E-state index contributed by atoms with van der Waals surface area (Å²) in [6, 6.07) is 11.5. The molecule has 246 valence electrons. The molecule has 3 amide bonds. The maximum Gasteiger partial charge on any atom is 0.311 e. The summed E-state index contributed by atoms with van der Waals surface area (Å²) in [5.41, 5.74) is 4.37. The van der Waals surface area contributed by atoms with E-state index in [1.807, 2.05) is 25.1 Å². The molecule has 2 unspecified atom stereocenters. The van der Waals surface area contributed by atoms with Crippen LogP contribution in [0.2, 0.25) is 0 Å². The lowest BCUT2D eigenvalue weighted by molar-refractivity contribution is -0.145. The second-order valence-electron chi connectivity index (χ2n) is 13.7. The quantitative estimate of drug-likeness (QED) is 0.360. The summed E-state index contributed by atoms with van der Waals surface area (Å²) in [7, 11) is 0.961. The van der Waals surface area contributed by atoms with Crippen molar-refractivity contribution >= 4 is 38.6 Å². The van der Waals surface area contributed by atoms with E-state index in [1.165, 1.54) is 16.9 Å². The average molecular weight is 649 g/mol. The first-order chi connectivity index (χ1) is 21.8. The molecule has 2 atom stereocenters. The minimum absolute atomic E-state index is 0.232. The highest BCUT2D eigenvalue weighted by molar-refractivity contribution is 7.90. The summed E-state index contributed by atoms with van der Waals surface area (Å²) >= 11 is 0. The fourth-order valence-electron chi connectivity index (χ4n) is 7.44. The molecule has 0 radical (unpaired) electrons. The summed E-state index contributed by atoms with van der Waals surface area (Å²) in [4.78, 5) is 40.7. The third kappa shape index (κ3) is 5.56. The van der Waals surface area contributed by atoms with Gasteiger partial charge < -0.3 is 19.5 Å². The van der Waals surface area contributed by atoms with Gasteiger partial charge in [-0.2, -0.15) is 0 Å². The number of sulfonamides is 1. The molecule has 6 rings (SSSR count). The number of amides is 3. The third-order valence-electron chi connectivity index (χ3n) is 10.5. The van der Waals surface area contributed by atoms with Gasteiger partial charge in [0.05, 0.1) is 23.6 Å². The van der Waals surface area contributed by atoms with Crippen LogP contribution in [0.4, 0.5) is 0 Å². The molecule has 2 heterocycles. The number of likely N-dealkylation sites (N-methyl/N-ethyl adjacent to an activating group) is 1. The van der Waals surface area contributed by atoms with Gasteiger partial charge in [0.2, 0.25) is 10.0 Å². The lowest BCUT2D eigenvalue weighted by atomic mass is 9.78. The van der Waals surface area contributed by atoms with Gasteiger partial charge >= 0.3 is 11.8 Å². The van der Waals surface area contributed by atoms with Crippen molar-refractivity contribution in [1.82, 2.24) is 19.5 Å². The predicted molar refractivity (Wildman–Crippen MR) is 177 cm³/mol. The second-order valence-corrected chi connectivity index (χ2v) is 15.7. The Balaban J connectivity index is 1.57. The number of fused-ring (bicyclic) bond motifs is 5. The molecular formula is C35H44N4O6S. The Bertz CT molecular complexity index is 1820. The Morgan fingerprint density at radius 1 is 0.978 bits per heavy atom. The summed E-state index contributed by atoms with van der Waals surface area (Å²) in [5.74, 6) is -1.23. The number of carbonyl (C=O) groups excluding carboxylic acids is 3. The standard InChI is InChI=1S/C35H44N4O6S/c1-21-28-19-24(45-5)15-17-26(28)31-30(22-10-7-6-8-11-22)27-16-14-23(32(40)37-46(43,44)25-12-9-13-25)18-29(27)39(31)20-35(21,2)36-33(41)34(42)38(3)4/h14-19,21-22,25H,6-13,20H2,1-5H3,(H,36,41)(H,37,40). The van der Waals surface area contributed by atoms with Crippen LogP contribution in [-0.2, 0) is 26.2 Å². The number of aromatic nitrogens is 1. The number of hydrogen-bond donors (Lipinski definition) is 2. The van der Waals surface area contributed by atoms with Crippen LogP contribution in [0, 0.1) is 0 Å². The van der Waals surface area contributed by atoms with Gasteiger partial charge in [-0.25, -0.2) is 13.1 Å². The van der Waals surface area contributed by atoms with E-state index in [-0.39, 0.29) is 11.5 Å². The lowest BCUT2D eigenvalue weighted by Crippen LogP contribution is -2.55. The number of ether oxygens (including phenoxy) is 1. The first-order valence-corrected chi connectivity index (χ1v) is 17.8. The third-order valence-corrected chi connectivity index (χ3v) is 12.3. The summed E-state index contributed by atoms with van der Waals surface area (Å²) in [5, 5.41) is 3.56. The van der Waals surface area contributed by atoms with Crippen LogP contribution in [0.25, 0.3) is 22.2 Å². The van der Waals surface area contributed by atoms with Gasteiger partial charge in [0.25, 0.3) is 5.91 Å². The van der Waals surface area contributed by atoms with Crippen molar-refractivity contribution in [3.63, 3.8) is 0 Å².